The topological polar surface area (TPSA) is 131 Å². The Kier molecular flexibility index (Phi) is 6.49. The maximum Gasteiger partial charge on any atom is 0.275 e. The number of thiazole rings is 1. The number of rotatable bonds is 9. The van der Waals surface area contributed by atoms with Crippen LogP contribution in [0.5, 0.6) is 0 Å². The Morgan fingerprint density at radius 2 is 1.97 bits per heavy atom. The minimum absolute atomic E-state index is 0.0584. The monoisotopic (exact) mass is 489 g/mol. The van der Waals surface area contributed by atoms with Gasteiger partial charge in [-0.15, -0.1) is 11.3 Å². The zero-order valence-electron chi connectivity index (χ0n) is 18.7. The summed E-state index contributed by atoms with van der Waals surface area (Å²) in [6.45, 7) is 0.837. The molecule has 3 amide bonds. The highest BCUT2D eigenvalue weighted by Gasteiger charge is 2.29. The van der Waals surface area contributed by atoms with Crippen LogP contribution in [0.2, 0.25) is 0 Å². The van der Waals surface area contributed by atoms with Gasteiger partial charge in [-0.25, -0.2) is 4.98 Å². The maximum atomic E-state index is 12.7. The molecule has 5 rings (SSSR count). The molecule has 0 spiro atoms. The molecule has 35 heavy (non-hydrogen) atoms. The van der Waals surface area contributed by atoms with Crippen molar-refractivity contribution in [1.82, 2.24) is 30.4 Å². The molecule has 1 aliphatic rings. The summed E-state index contributed by atoms with van der Waals surface area (Å²) in [5.41, 5.74) is 2.50. The molecule has 0 unspecified atom stereocenters. The number of carbonyl (C=O) groups excluding carboxylic acids is 3. The number of pyridine rings is 1. The van der Waals surface area contributed by atoms with E-state index in [1.165, 1.54) is 11.3 Å². The Labute approximate surface area is 204 Å². The van der Waals surface area contributed by atoms with Crippen LogP contribution in [-0.2, 0) is 16.1 Å². The van der Waals surface area contributed by atoms with Gasteiger partial charge >= 0.3 is 0 Å². The van der Waals surface area contributed by atoms with Gasteiger partial charge in [0.05, 0.1) is 5.52 Å². The molecule has 0 atom stereocenters. The molecule has 3 aromatic heterocycles. The van der Waals surface area contributed by atoms with E-state index in [0.717, 1.165) is 28.8 Å². The molecule has 1 fully saturated rings. The molecule has 4 aromatic rings. The lowest BCUT2D eigenvalue weighted by Crippen LogP contribution is -2.36. The number of fused-ring (bicyclic) bond motifs is 1. The van der Waals surface area contributed by atoms with Crippen molar-refractivity contribution in [2.75, 3.05) is 18.4 Å². The summed E-state index contributed by atoms with van der Waals surface area (Å²) < 4.78 is 1.55. The van der Waals surface area contributed by atoms with E-state index in [0.29, 0.717) is 30.0 Å². The van der Waals surface area contributed by atoms with E-state index in [2.05, 4.69) is 31.0 Å². The van der Waals surface area contributed by atoms with Crippen LogP contribution < -0.4 is 16.0 Å². The van der Waals surface area contributed by atoms with Gasteiger partial charge in [0.1, 0.15) is 17.2 Å². The number of carbonyl (C=O) groups is 3. The van der Waals surface area contributed by atoms with Crippen molar-refractivity contribution in [2.45, 2.75) is 19.4 Å². The van der Waals surface area contributed by atoms with Crippen LogP contribution >= 0.6 is 11.3 Å². The minimum Gasteiger partial charge on any atom is -0.354 e. The average molecular weight is 490 g/mol. The third-order valence-corrected chi connectivity index (χ3v) is 6.35. The second-order valence-electron chi connectivity index (χ2n) is 8.25. The molecular weight excluding hydrogens is 466 g/mol. The number of nitrogens with one attached hydrogen (secondary N) is 3. The zero-order valence-corrected chi connectivity index (χ0v) is 19.5. The number of anilines is 1. The molecule has 1 aromatic carbocycles. The molecule has 3 heterocycles. The Hall–Kier alpha value is -4.12. The fraction of sp³-hybridized carbons (Fsp3) is 0.250. The molecule has 1 aliphatic carbocycles. The maximum absolute atomic E-state index is 12.7. The van der Waals surface area contributed by atoms with E-state index < -0.39 is 0 Å². The van der Waals surface area contributed by atoms with Crippen molar-refractivity contribution in [3.8, 4) is 10.6 Å². The lowest BCUT2D eigenvalue weighted by Gasteiger charge is -2.06. The number of aromatic nitrogens is 4. The zero-order chi connectivity index (χ0) is 24.2. The SMILES string of the molecule is O=C(Cn1cc2cc(NC(=O)c3csc(-c4cccnc4)n3)ccc2n1)NCCNC(=O)C1CC1. The number of hydrogen-bond acceptors (Lipinski definition) is 7. The summed E-state index contributed by atoms with van der Waals surface area (Å²) in [6.07, 6.45) is 7.05. The Balaban J connectivity index is 1.15. The predicted molar refractivity (Wildman–Crippen MR) is 132 cm³/mol. The lowest BCUT2D eigenvalue weighted by atomic mass is 10.2. The molecule has 10 nitrogen and oxygen atoms in total. The first kappa shape index (κ1) is 22.7. The van der Waals surface area contributed by atoms with Gasteiger partial charge in [-0.1, -0.05) is 0 Å². The molecule has 3 N–H and O–H groups in total. The summed E-state index contributed by atoms with van der Waals surface area (Å²) in [5, 5.41) is 16.1. The summed E-state index contributed by atoms with van der Waals surface area (Å²) in [4.78, 5) is 45.0. The van der Waals surface area contributed by atoms with E-state index >= 15 is 0 Å². The van der Waals surface area contributed by atoms with E-state index in [-0.39, 0.29) is 30.2 Å². The third-order valence-electron chi connectivity index (χ3n) is 5.46. The van der Waals surface area contributed by atoms with Gasteiger partial charge in [-0.2, -0.15) is 5.10 Å². The molecule has 0 radical (unpaired) electrons. The minimum atomic E-state index is -0.309. The van der Waals surface area contributed by atoms with Crippen molar-refractivity contribution in [3.05, 3.63) is 60.0 Å². The predicted octanol–water partition coefficient (Wildman–Crippen LogP) is 2.45. The van der Waals surface area contributed by atoms with Crippen LogP contribution in [0.25, 0.3) is 21.5 Å². The summed E-state index contributed by atoms with van der Waals surface area (Å²) >= 11 is 1.38. The molecular formula is C24H23N7O3S. The van der Waals surface area contributed by atoms with E-state index in [4.69, 9.17) is 0 Å². The first-order valence-electron chi connectivity index (χ1n) is 11.2. The van der Waals surface area contributed by atoms with Gasteiger partial charge in [0.15, 0.2) is 0 Å². The average Bonchev–Trinajstić information content (AvgIpc) is 3.46. The number of amides is 3. The number of benzene rings is 1. The van der Waals surface area contributed by atoms with Crippen molar-refractivity contribution in [3.63, 3.8) is 0 Å². The number of nitrogens with zero attached hydrogens (tertiary/aromatic N) is 4. The summed E-state index contributed by atoms with van der Waals surface area (Å²) in [5.74, 6) is -0.289. The molecule has 0 aliphatic heterocycles. The van der Waals surface area contributed by atoms with Gasteiger partial charge < -0.3 is 16.0 Å². The summed E-state index contributed by atoms with van der Waals surface area (Å²) in [7, 11) is 0. The lowest BCUT2D eigenvalue weighted by molar-refractivity contribution is -0.123. The van der Waals surface area contributed by atoms with E-state index in [9.17, 15) is 14.4 Å². The third kappa shape index (κ3) is 5.69. The molecule has 0 bridgehead atoms. The highest BCUT2D eigenvalue weighted by Crippen LogP contribution is 2.28. The van der Waals surface area contributed by atoms with Gasteiger partial charge in [0, 0.05) is 59.6 Å². The van der Waals surface area contributed by atoms with Gasteiger partial charge in [-0.05, 0) is 43.2 Å². The first-order chi connectivity index (χ1) is 17.0. The Bertz CT molecular complexity index is 1380. The Morgan fingerprint density at radius 3 is 2.77 bits per heavy atom. The van der Waals surface area contributed by atoms with Crippen LogP contribution in [0.3, 0.4) is 0 Å². The van der Waals surface area contributed by atoms with E-state index in [1.807, 2.05) is 12.1 Å². The highest BCUT2D eigenvalue weighted by molar-refractivity contribution is 7.13. The number of hydrogen-bond donors (Lipinski definition) is 3. The molecule has 0 saturated heterocycles. The second kappa shape index (κ2) is 10.0. The summed E-state index contributed by atoms with van der Waals surface area (Å²) in [6, 6.07) is 9.07. The Morgan fingerprint density at radius 1 is 1.11 bits per heavy atom. The van der Waals surface area contributed by atoms with Crippen LogP contribution in [-0.4, -0.2) is 50.6 Å². The van der Waals surface area contributed by atoms with Crippen LogP contribution in [0, 0.1) is 5.92 Å². The molecule has 1 saturated carbocycles. The van der Waals surface area contributed by atoms with Crippen LogP contribution in [0.15, 0.2) is 54.3 Å². The standard InChI is InChI=1S/C24H23N7O3S/c32-21(26-8-9-27-22(33)15-3-4-15)13-31-12-17-10-18(5-6-19(17)30-31)28-23(34)20-14-35-24(29-20)16-2-1-7-25-11-16/h1-2,5-7,10-12,14-15H,3-4,8-9,13H2,(H,26,32)(H,27,33)(H,28,34). The van der Waals surface area contributed by atoms with Crippen molar-refractivity contribution < 1.29 is 14.4 Å². The van der Waals surface area contributed by atoms with Crippen molar-refractivity contribution >= 4 is 45.6 Å². The van der Waals surface area contributed by atoms with Crippen molar-refractivity contribution in [1.29, 1.82) is 0 Å². The normalized spacial score (nSPS) is 12.9. The van der Waals surface area contributed by atoms with Gasteiger partial charge in [0.25, 0.3) is 5.91 Å². The van der Waals surface area contributed by atoms with E-state index in [1.54, 1.807) is 46.9 Å². The largest absolute Gasteiger partial charge is 0.354 e. The van der Waals surface area contributed by atoms with Crippen LogP contribution in [0.1, 0.15) is 23.3 Å². The first-order valence-corrected chi connectivity index (χ1v) is 12.1. The van der Waals surface area contributed by atoms with Crippen molar-refractivity contribution in [2.24, 2.45) is 5.92 Å². The smallest absolute Gasteiger partial charge is 0.275 e. The molecule has 11 heteroatoms. The van der Waals surface area contributed by atoms with Gasteiger partial charge in [-0.3, -0.25) is 24.0 Å². The highest BCUT2D eigenvalue weighted by atomic mass is 32.1. The fourth-order valence-corrected chi connectivity index (χ4v) is 4.30. The quantitative estimate of drug-likeness (QED) is 0.310. The molecule has 178 valence electrons. The van der Waals surface area contributed by atoms with Crippen LogP contribution in [0.4, 0.5) is 5.69 Å². The van der Waals surface area contributed by atoms with Gasteiger partial charge in [0.2, 0.25) is 11.8 Å². The fourth-order valence-electron chi connectivity index (χ4n) is 3.51. The second-order valence-corrected chi connectivity index (χ2v) is 9.11.